The van der Waals surface area contributed by atoms with E-state index in [0.717, 1.165) is 62.9 Å². The van der Waals surface area contributed by atoms with Gasteiger partial charge < -0.3 is 19.5 Å². The van der Waals surface area contributed by atoms with Gasteiger partial charge in [-0.1, -0.05) is 11.6 Å². The smallest absolute Gasteiger partial charge is 0.310 e. The summed E-state index contributed by atoms with van der Waals surface area (Å²) in [5.74, 6) is 0.142. The van der Waals surface area contributed by atoms with Gasteiger partial charge in [-0.3, -0.25) is 19.1 Å². The molecule has 1 fully saturated rings. The van der Waals surface area contributed by atoms with Gasteiger partial charge in [0.05, 0.1) is 19.0 Å². The van der Waals surface area contributed by atoms with Crippen molar-refractivity contribution in [1.29, 1.82) is 0 Å². The van der Waals surface area contributed by atoms with Crippen LogP contribution < -0.4 is 4.74 Å². The van der Waals surface area contributed by atoms with E-state index in [1.165, 1.54) is 0 Å². The number of ether oxygens (including phenoxy) is 2. The molecule has 40 heavy (non-hydrogen) atoms. The molecule has 2 aromatic carbocycles. The summed E-state index contributed by atoms with van der Waals surface area (Å²) < 4.78 is 12.9. The monoisotopic (exact) mass is 569 g/mol. The largest absolute Gasteiger partial charge is 0.497 e. The van der Waals surface area contributed by atoms with Gasteiger partial charge in [0.2, 0.25) is 0 Å². The van der Waals surface area contributed by atoms with Crippen LogP contribution in [0.25, 0.3) is 10.9 Å². The molecule has 1 atom stereocenters. The molecule has 1 aliphatic heterocycles. The number of piperazine rings is 1. The average molecular weight is 570 g/mol. The molecule has 216 valence electrons. The number of halogens is 1. The molecule has 0 saturated carbocycles. The molecule has 1 aromatic heterocycles. The minimum atomic E-state index is -0.320. The zero-order valence-corrected chi connectivity index (χ0v) is 24.5. The number of benzene rings is 2. The van der Waals surface area contributed by atoms with Crippen LogP contribution in [0.2, 0.25) is 5.02 Å². The molecule has 9 heteroatoms. The molecular weight excluding hydrogens is 530 g/mol. The molecule has 1 aliphatic rings. The van der Waals surface area contributed by atoms with Crippen LogP contribution in [-0.2, 0) is 16.0 Å². The van der Waals surface area contributed by atoms with Crippen LogP contribution in [0, 0.1) is 6.92 Å². The van der Waals surface area contributed by atoms with Gasteiger partial charge in [-0.05, 0) is 87.7 Å². The summed E-state index contributed by atoms with van der Waals surface area (Å²) in [6.45, 7) is 9.70. The van der Waals surface area contributed by atoms with Crippen LogP contribution >= 0.6 is 11.6 Å². The number of unbranched alkanes of at least 4 members (excludes halogenated alkanes) is 2. The Hall–Kier alpha value is -2.91. The van der Waals surface area contributed by atoms with Crippen LogP contribution in [0.3, 0.4) is 0 Å². The van der Waals surface area contributed by atoms with E-state index in [1.54, 1.807) is 35.9 Å². The van der Waals surface area contributed by atoms with E-state index in [1.807, 2.05) is 32.0 Å². The Morgan fingerprint density at radius 3 is 2.38 bits per heavy atom. The number of esters is 1. The fourth-order valence-electron chi connectivity index (χ4n) is 5.43. The Bertz CT molecular complexity index is 1300. The summed E-state index contributed by atoms with van der Waals surface area (Å²) in [7, 11) is 1.59. The van der Waals surface area contributed by atoms with Crippen molar-refractivity contribution < 1.29 is 24.2 Å². The van der Waals surface area contributed by atoms with Gasteiger partial charge >= 0.3 is 5.97 Å². The third-order valence-corrected chi connectivity index (χ3v) is 7.85. The molecule has 1 unspecified atom stereocenters. The fourth-order valence-corrected chi connectivity index (χ4v) is 5.55. The van der Waals surface area contributed by atoms with E-state index in [2.05, 4.69) is 9.80 Å². The quantitative estimate of drug-likeness (QED) is 0.253. The maximum atomic E-state index is 13.5. The number of hydrogen-bond donors (Lipinski definition) is 1. The molecule has 4 rings (SSSR count). The molecule has 1 N–H and O–H groups in total. The molecule has 0 bridgehead atoms. The van der Waals surface area contributed by atoms with Crippen molar-refractivity contribution in [3.63, 3.8) is 0 Å². The van der Waals surface area contributed by atoms with Crippen molar-refractivity contribution >= 4 is 34.4 Å². The molecule has 1 saturated heterocycles. The first-order chi connectivity index (χ1) is 19.3. The highest BCUT2D eigenvalue weighted by Crippen LogP contribution is 2.31. The van der Waals surface area contributed by atoms with Gasteiger partial charge in [-0.15, -0.1) is 0 Å². The second-order valence-corrected chi connectivity index (χ2v) is 10.9. The lowest BCUT2D eigenvalue weighted by molar-refractivity contribution is -0.148. The summed E-state index contributed by atoms with van der Waals surface area (Å²) in [6.07, 6.45) is 2.85. The molecule has 2 heterocycles. The van der Waals surface area contributed by atoms with Crippen LogP contribution in [0.15, 0.2) is 42.5 Å². The number of aliphatic hydroxyl groups excluding tert-OH is 1. The maximum absolute atomic E-state index is 13.5. The Balaban J connectivity index is 1.41. The SMILES string of the molecule is COc1ccc2c(c1)c(CC(=O)OC(C)CN1CCN(CCCCCO)CC1)c(C)n2C(=O)c1ccc(Cl)cc1. The van der Waals surface area contributed by atoms with Crippen LogP contribution in [0.4, 0.5) is 0 Å². The Kier molecular flexibility index (Phi) is 10.6. The van der Waals surface area contributed by atoms with Crippen molar-refractivity contribution in [2.75, 3.05) is 53.0 Å². The first kappa shape index (κ1) is 30.1. The fraction of sp³-hybridized carbons (Fsp3) is 0.484. The molecular formula is C31H40ClN3O5. The average Bonchev–Trinajstić information content (AvgIpc) is 3.21. The van der Waals surface area contributed by atoms with Crippen LogP contribution in [0.1, 0.15) is 47.8 Å². The first-order valence-corrected chi connectivity index (χ1v) is 14.4. The molecule has 8 nitrogen and oxygen atoms in total. The van der Waals surface area contributed by atoms with Crippen LogP contribution in [0.5, 0.6) is 5.75 Å². The van der Waals surface area contributed by atoms with E-state index in [9.17, 15) is 9.59 Å². The zero-order chi connectivity index (χ0) is 28.6. The number of nitrogens with zero attached hydrogens (tertiary/aromatic N) is 3. The zero-order valence-electron chi connectivity index (χ0n) is 23.7. The Morgan fingerprint density at radius 2 is 1.70 bits per heavy atom. The second kappa shape index (κ2) is 14.1. The van der Waals surface area contributed by atoms with E-state index in [-0.39, 0.29) is 31.0 Å². The van der Waals surface area contributed by atoms with Gasteiger partial charge in [0, 0.05) is 61.0 Å². The number of fused-ring (bicyclic) bond motifs is 1. The minimum absolute atomic E-state index is 0.0579. The number of hydrogen-bond acceptors (Lipinski definition) is 7. The predicted molar refractivity (Wildman–Crippen MR) is 157 cm³/mol. The minimum Gasteiger partial charge on any atom is -0.497 e. The third kappa shape index (κ3) is 7.43. The normalized spacial score (nSPS) is 15.3. The van der Waals surface area contributed by atoms with Crippen molar-refractivity contribution in [2.24, 2.45) is 0 Å². The van der Waals surface area contributed by atoms with Gasteiger partial charge in [0.25, 0.3) is 5.91 Å². The highest BCUT2D eigenvalue weighted by atomic mass is 35.5. The second-order valence-electron chi connectivity index (χ2n) is 10.5. The number of aliphatic hydroxyl groups is 1. The first-order valence-electron chi connectivity index (χ1n) is 14.0. The highest BCUT2D eigenvalue weighted by Gasteiger charge is 2.24. The van der Waals surface area contributed by atoms with Gasteiger partial charge in [0.1, 0.15) is 11.9 Å². The number of aromatic nitrogens is 1. The number of rotatable bonds is 12. The summed E-state index contributed by atoms with van der Waals surface area (Å²) in [5, 5.41) is 10.3. The summed E-state index contributed by atoms with van der Waals surface area (Å²) in [4.78, 5) is 31.4. The van der Waals surface area contributed by atoms with E-state index >= 15 is 0 Å². The molecule has 0 radical (unpaired) electrons. The lowest BCUT2D eigenvalue weighted by Gasteiger charge is -2.35. The molecule has 0 amide bonds. The predicted octanol–water partition coefficient (Wildman–Crippen LogP) is 4.55. The topological polar surface area (TPSA) is 84.2 Å². The molecule has 3 aromatic rings. The Morgan fingerprint density at radius 1 is 1.00 bits per heavy atom. The van der Waals surface area contributed by atoms with Crippen molar-refractivity contribution in [2.45, 2.75) is 45.6 Å². The van der Waals surface area contributed by atoms with Crippen molar-refractivity contribution in [1.82, 2.24) is 14.4 Å². The Labute approximate surface area is 241 Å². The van der Waals surface area contributed by atoms with E-state index in [4.69, 9.17) is 26.2 Å². The molecule has 0 spiro atoms. The van der Waals surface area contributed by atoms with Crippen molar-refractivity contribution in [3.8, 4) is 5.75 Å². The van der Waals surface area contributed by atoms with E-state index < -0.39 is 0 Å². The number of carbonyl (C=O) groups is 2. The van der Waals surface area contributed by atoms with Gasteiger partial charge in [0.15, 0.2) is 0 Å². The lowest BCUT2D eigenvalue weighted by Crippen LogP contribution is -2.48. The number of carbonyl (C=O) groups excluding carboxylic acids is 2. The highest BCUT2D eigenvalue weighted by molar-refractivity contribution is 6.30. The summed E-state index contributed by atoms with van der Waals surface area (Å²) >= 11 is 6.03. The van der Waals surface area contributed by atoms with Gasteiger partial charge in [-0.2, -0.15) is 0 Å². The lowest BCUT2D eigenvalue weighted by atomic mass is 10.1. The number of methoxy groups -OCH3 is 1. The third-order valence-electron chi connectivity index (χ3n) is 7.60. The van der Waals surface area contributed by atoms with Crippen molar-refractivity contribution in [3.05, 3.63) is 64.3 Å². The van der Waals surface area contributed by atoms with Gasteiger partial charge in [-0.25, -0.2) is 0 Å². The molecule has 0 aliphatic carbocycles. The standard InChI is InChI=1S/C31H40ClN3O5/c1-22(21-34-16-14-33(15-17-34)13-5-4-6-18-36)40-30(37)20-27-23(2)35(29-12-11-26(39-3)19-28(27)29)31(38)24-7-9-25(32)10-8-24/h7-12,19,22,36H,4-6,13-18,20-21H2,1-3H3. The van der Waals surface area contributed by atoms with E-state index in [0.29, 0.717) is 34.1 Å². The van der Waals surface area contributed by atoms with Crippen LogP contribution in [-0.4, -0.2) is 90.4 Å². The maximum Gasteiger partial charge on any atom is 0.310 e. The summed E-state index contributed by atoms with van der Waals surface area (Å²) in [5.41, 5.74) is 2.67. The summed E-state index contributed by atoms with van der Waals surface area (Å²) in [6, 6.07) is 12.3.